The van der Waals surface area contributed by atoms with Crippen molar-refractivity contribution in [3.63, 3.8) is 0 Å². The van der Waals surface area contributed by atoms with E-state index in [1.54, 1.807) is 13.8 Å². The molecule has 110 valence electrons. The van der Waals surface area contributed by atoms with E-state index in [0.29, 0.717) is 0 Å². The van der Waals surface area contributed by atoms with Crippen LogP contribution in [-0.4, -0.2) is 45.4 Å². The van der Waals surface area contributed by atoms with Gasteiger partial charge >= 0.3 is 5.69 Å². The Morgan fingerprint density at radius 3 is 2.85 bits per heavy atom. The highest BCUT2D eigenvalue weighted by Gasteiger charge is 2.51. The van der Waals surface area contributed by atoms with Crippen molar-refractivity contribution in [2.24, 2.45) is 0 Å². The third-order valence-corrected chi connectivity index (χ3v) is 3.41. The van der Waals surface area contributed by atoms with Crippen molar-refractivity contribution >= 4 is 0 Å². The number of nitrogens with one attached hydrogen (secondary N) is 1. The normalized spacial score (nSPS) is 35.8. The molecule has 2 N–H and O–H groups in total. The zero-order valence-electron chi connectivity index (χ0n) is 11.1. The SMILES string of the molecule is CC1(C)O[C@H]2[C@@H](O)[C@@H](n3ccc(=O)[nH]c3=O)OC[C@@H]2O1. The predicted molar refractivity (Wildman–Crippen MR) is 66.1 cm³/mol. The lowest BCUT2D eigenvalue weighted by atomic mass is 10.0. The summed E-state index contributed by atoms with van der Waals surface area (Å²) in [7, 11) is 0. The number of aliphatic hydroxyl groups excluding tert-OH is 1. The fourth-order valence-electron chi connectivity index (χ4n) is 2.61. The molecule has 2 fully saturated rings. The molecule has 2 saturated heterocycles. The second-order valence-corrected chi connectivity index (χ2v) is 5.37. The van der Waals surface area contributed by atoms with Crippen LogP contribution < -0.4 is 11.2 Å². The molecule has 8 nitrogen and oxygen atoms in total. The van der Waals surface area contributed by atoms with Crippen molar-refractivity contribution in [3.8, 4) is 0 Å². The topological polar surface area (TPSA) is 103 Å². The molecule has 0 saturated carbocycles. The minimum absolute atomic E-state index is 0.196. The Hall–Kier alpha value is -1.48. The zero-order valence-corrected chi connectivity index (χ0v) is 11.1. The Balaban J connectivity index is 1.90. The number of aromatic nitrogens is 2. The number of aliphatic hydroxyl groups is 1. The molecule has 0 aliphatic carbocycles. The van der Waals surface area contributed by atoms with Gasteiger partial charge in [-0.3, -0.25) is 14.3 Å². The van der Waals surface area contributed by atoms with Crippen molar-refractivity contribution in [2.75, 3.05) is 6.61 Å². The largest absolute Gasteiger partial charge is 0.386 e. The molecule has 20 heavy (non-hydrogen) atoms. The fourth-order valence-corrected chi connectivity index (χ4v) is 2.61. The number of rotatable bonds is 1. The second kappa shape index (κ2) is 4.52. The van der Waals surface area contributed by atoms with Crippen LogP contribution >= 0.6 is 0 Å². The zero-order chi connectivity index (χ0) is 14.5. The van der Waals surface area contributed by atoms with Crippen molar-refractivity contribution in [1.29, 1.82) is 0 Å². The Morgan fingerprint density at radius 1 is 1.40 bits per heavy atom. The van der Waals surface area contributed by atoms with E-state index in [-0.39, 0.29) is 12.7 Å². The fraction of sp³-hybridized carbons (Fsp3) is 0.667. The van der Waals surface area contributed by atoms with Crippen LogP contribution in [0.1, 0.15) is 20.1 Å². The summed E-state index contributed by atoms with van der Waals surface area (Å²) >= 11 is 0. The highest BCUT2D eigenvalue weighted by Crippen LogP contribution is 2.36. The Morgan fingerprint density at radius 2 is 2.15 bits per heavy atom. The van der Waals surface area contributed by atoms with Crippen molar-refractivity contribution in [3.05, 3.63) is 33.1 Å². The van der Waals surface area contributed by atoms with E-state index in [9.17, 15) is 14.7 Å². The Kier molecular flexibility index (Phi) is 3.05. The molecule has 0 bridgehead atoms. The van der Waals surface area contributed by atoms with Crippen molar-refractivity contribution < 1.29 is 19.3 Å². The number of ether oxygens (including phenoxy) is 3. The van der Waals surface area contributed by atoms with Gasteiger partial charge in [0.25, 0.3) is 5.56 Å². The van der Waals surface area contributed by atoms with Crippen LogP contribution in [0.2, 0.25) is 0 Å². The van der Waals surface area contributed by atoms with E-state index >= 15 is 0 Å². The van der Waals surface area contributed by atoms with Gasteiger partial charge < -0.3 is 19.3 Å². The Bertz CT molecular complexity index is 621. The van der Waals surface area contributed by atoms with Gasteiger partial charge in [-0.05, 0) is 13.8 Å². The lowest BCUT2D eigenvalue weighted by molar-refractivity contribution is -0.183. The van der Waals surface area contributed by atoms with Crippen molar-refractivity contribution in [2.45, 2.75) is 44.2 Å². The molecular formula is C12H16N2O6. The lowest BCUT2D eigenvalue weighted by Gasteiger charge is -2.35. The summed E-state index contributed by atoms with van der Waals surface area (Å²) in [5.41, 5.74) is -1.14. The van der Waals surface area contributed by atoms with Gasteiger partial charge in [0.1, 0.15) is 18.3 Å². The Labute approximate surface area is 113 Å². The standard InChI is InChI=1S/C12H16N2O6/c1-12(2)19-6-5-18-10(8(16)9(6)20-12)14-4-3-7(15)13-11(14)17/h3-4,6,8-10,16H,5H2,1-2H3,(H,13,15,17)/t6-,8+,9+,10-/m0/s1. The van der Waals surface area contributed by atoms with Crippen LogP contribution in [0, 0.1) is 0 Å². The predicted octanol–water partition coefficient (Wildman–Crippen LogP) is -1.05. The molecule has 4 atom stereocenters. The number of H-pyrrole nitrogens is 1. The minimum atomic E-state index is -1.07. The summed E-state index contributed by atoms with van der Waals surface area (Å²) in [6.07, 6.45) is -1.66. The maximum atomic E-state index is 11.7. The van der Waals surface area contributed by atoms with Crippen molar-refractivity contribution in [1.82, 2.24) is 9.55 Å². The molecule has 8 heteroatoms. The molecule has 0 spiro atoms. The molecule has 1 aromatic rings. The quantitative estimate of drug-likeness (QED) is 0.682. The van der Waals surface area contributed by atoms with Gasteiger partial charge in [0.05, 0.1) is 6.61 Å². The van der Waals surface area contributed by atoms with Crippen LogP contribution in [0.5, 0.6) is 0 Å². The van der Waals surface area contributed by atoms with E-state index in [1.165, 1.54) is 12.3 Å². The molecule has 0 aromatic carbocycles. The molecule has 3 heterocycles. The molecule has 1 aromatic heterocycles. The third kappa shape index (κ3) is 2.20. The van der Waals surface area contributed by atoms with Crippen LogP contribution in [0.3, 0.4) is 0 Å². The first kappa shape index (κ1) is 13.5. The van der Waals surface area contributed by atoms with Crippen LogP contribution in [0.4, 0.5) is 0 Å². The summed E-state index contributed by atoms with van der Waals surface area (Å²) in [4.78, 5) is 24.9. The van der Waals surface area contributed by atoms with Gasteiger partial charge in [-0.25, -0.2) is 4.79 Å². The van der Waals surface area contributed by atoms with Gasteiger partial charge in [-0.15, -0.1) is 0 Å². The van der Waals surface area contributed by atoms with Gasteiger partial charge in [0, 0.05) is 12.3 Å². The first-order valence-electron chi connectivity index (χ1n) is 6.34. The lowest BCUT2D eigenvalue weighted by Crippen LogP contribution is -2.51. The first-order chi connectivity index (χ1) is 9.37. The summed E-state index contributed by atoms with van der Waals surface area (Å²) in [5, 5.41) is 10.3. The number of fused-ring (bicyclic) bond motifs is 1. The van der Waals surface area contributed by atoms with E-state index in [0.717, 1.165) is 4.57 Å². The smallest absolute Gasteiger partial charge is 0.330 e. The van der Waals surface area contributed by atoms with Crippen LogP contribution in [-0.2, 0) is 14.2 Å². The molecule has 2 aliphatic rings. The molecule has 0 unspecified atom stereocenters. The first-order valence-corrected chi connectivity index (χ1v) is 6.34. The third-order valence-electron chi connectivity index (χ3n) is 3.41. The number of nitrogens with zero attached hydrogens (tertiary/aromatic N) is 1. The van der Waals surface area contributed by atoms with E-state index in [1.807, 2.05) is 0 Å². The maximum absolute atomic E-state index is 11.7. The molecule has 0 radical (unpaired) electrons. The summed E-state index contributed by atoms with van der Waals surface area (Å²) in [5.74, 6) is -0.801. The highest BCUT2D eigenvalue weighted by atomic mass is 16.8. The molecular weight excluding hydrogens is 268 g/mol. The van der Waals surface area contributed by atoms with Crippen LogP contribution in [0.15, 0.2) is 21.9 Å². The summed E-state index contributed by atoms with van der Waals surface area (Å²) in [6, 6.07) is 1.19. The summed E-state index contributed by atoms with van der Waals surface area (Å²) < 4.78 is 17.9. The number of hydrogen-bond donors (Lipinski definition) is 2. The number of aromatic amines is 1. The molecule has 2 aliphatic heterocycles. The van der Waals surface area contributed by atoms with E-state index in [4.69, 9.17) is 14.2 Å². The monoisotopic (exact) mass is 284 g/mol. The van der Waals surface area contributed by atoms with Crippen LogP contribution in [0.25, 0.3) is 0 Å². The summed E-state index contributed by atoms with van der Waals surface area (Å²) in [6.45, 7) is 3.69. The second-order valence-electron chi connectivity index (χ2n) is 5.37. The highest BCUT2D eigenvalue weighted by molar-refractivity contribution is 4.95. The maximum Gasteiger partial charge on any atom is 0.330 e. The van der Waals surface area contributed by atoms with Gasteiger partial charge in [0.2, 0.25) is 0 Å². The van der Waals surface area contributed by atoms with Gasteiger partial charge in [-0.1, -0.05) is 0 Å². The van der Waals surface area contributed by atoms with Gasteiger partial charge in [-0.2, -0.15) is 0 Å². The van der Waals surface area contributed by atoms with E-state index < -0.39 is 35.5 Å². The van der Waals surface area contributed by atoms with Gasteiger partial charge in [0.15, 0.2) is 12.0 Å². The molecule has 3 rings (SSSR count). The molecule has 0 amide bonds. The number of hydrogen-bond acceptors (Lipinski definition) is 6. The average Bonchev–Trinajstić information content (AvgIpc) is 2.66. The minimum Gasteiger partial charge on any atom is -0.386 e. The van der Waals surface area contributed by atoms with E-state index in [2.05, 4.69) is 4.98 Å². The average molecular weight is 284 g/mol.